The van der Waals surface area contributed by atoms with Gasteiger partial charge in [-0.05, 0) is 82.1 Å². The molecule has 14 nitrogen and oxygen atoms in total. The number of halogens is 7. The number of amides is 3. The molecule has 21 heteroatoms. The quantitative estimate of drug-likeness (QED) is 0.116. The second kappa shape index (κ2) is 18.6. The second-order valence-corrected chi connectivity index (χ2v) is 14.0. The molecule has 2 aliphatic rings. The zero-order chi connectivity index (χ0) is 42.2. The molecule has 300 valence electrons. The summed E-state index contributed by atoms with van der Waals surface area (Å²) in [7, 11) is 2.44. The fourth-order valence-corrected chi connectivity index (χ4v) is 6.04. The average molecular weight is 945 g/mol. The number of nitrogens with one attached hydrogen (secondary N) is 1. The first-order valence-corrected chi connectivity index (χ1v) is 18.0. The van der Waals surface area contributed by atoms with E-state index in [9.17, 15) is 36.7 Å². The molecular weight excluding hydrogens is 916 g/mol. The van der Waals surface area contributed by atoms with Crippen LogP contribution in [0.5, 0.6) is 11.8 Å². The van der Waals surface area contributed by atoms with Crippen molar-refractivity contribution in [3.05, 3.63) is 104 Å². The van der Waals surface area contributed by atoms with E-state index in [1.54, 1.807) is 12.1 Å². The molecule has 57 heavy (non-hydrogen) atoms. The lowest BCUT2D eigenvalue weighted by Crippen LogP contribution is -2.54. The van der Waals surface area contributed by atoms with E-state index in [1.807, 2.05) is 6.07 Å². The summed E-state index contributed by atoms with van der Waals surface area (Å²) < 4.78 is 75.7. The number of ether oxygens (including phenoxy) is 4. The molecule has 0 spiro atoms. The largest absolute Gasteiger partial charge is 0.457 e. The van der Waals surface area contributed by atoms with Gasteiger partial charge in [-0.1, -0.05) is 0 Å². The Morgan fingerprint density at radius 1 is 0.789 bits per heavy atom. The van der Waals surface area contributed by atoms with E-state index in [0.717, 1.165) is 24.3 Å². The Morgan fingerprint density at radius 3 is 1.58 bits per heavy atom. The number of nitriles is 1. The minimum atomic E-state index is -1.71. The number of anilines is 2. The number of benzene rings is 2. The van der Waals surface area contributed by atoms with Crippen LogP contribution in [0.3, 0.4) is 0 Å². The van der Waals surface area contributed by atoms with Gasteiger partial charge < -0.3 is 29.2 Å². The molecular formula is C36H29Br2ClF4N6O8. The molecule has 2 atom stereocenters. The molecule has 0 saturated carbocycles. The SMILES string of the molecule is COC(=O)Cl.COC(=O)NCCN1C(=O)[C@](C)(c2cc(F)cc(F)c2)Oc2ncc(Br)cc21.C[C@@]1(c2cc(F)cc(F)c2)Oc2ncc(Br)cc2N(CC#N)C1=O. The smallest absolute Gasteiger partial charge is 0.406 e. The topological polar surface area (TPSA) is 173 Å². The van der Waals surface area contributed by atoms with E-state index in [1.165, 1.54) is 50.3 Å². The first-order valence-electron chi connectivity index (χ1n) is 16.0. The van der Waals surface area contributed by atoms with Gasteiger partial charge in [-0.15, -0.1) is 0 Å². The first kappa shape index (κ1) is 44.2. The first-order chi connectivity index (χ1) is 26.9. The third-order valence-electron chi connectivity index (χ3n) is 8.09. The molecule has 2 aliphatic heterocycles. The maximum atomic E-state index is 13.8. The fourth-order valence-electron chi connectivity index (χ4n) is 5.40. The Morgan fingerprint density at radius 2 is 1.19 bits per heavy atom. The number of aromatic nitrogens is 2. The number of rotatable bonds is 6. The number of methoxy groups -OCH3 is 2. The van der Waals surface area contributed by atoms with Gasteiger partial charge in [-0.25, -0.2) is 37.1 Å². The number of pyridine rings is 2. The molecule has 0 aliphatic carbocycles. The van der Waals surface area contributed by atoms with Crippen LogP contribution < -0.4 is 24.6 Å². The average Bonchev–Trinajstić information content (AvgIpc) is 3.15. The van der Waals surface area contributed by atoms with Crippen LogP contribution in [0.2, 0.25) is 0 Å². The minimum absolute atomic E-state index is 0.00306. The van der Waals surface area contributed by atoms with Gasteiger partial charge in [0.15, 0.2) is 0 Å². The van der Waals surface area contributed by atoms with E-state index >= 15 is 0 Å². The van der Waals surface area contributed by atoms with Crippen LogP contribution in [0.25, 0.3) is 0 Å². The molecule has 2 aromatic carbocycles. The second-order valence-electron chi connectivity index (χ2n) is 11.9. The van der Waals surface area contributed by atoms with Crippen molar-refractivity contribution in [2.45, 2.75) is 25.0 Å². The van der Waals surface area contributed by atoms with Crippen molar-refractivity contribution in [2.24, 2.45) is 0 Å². The number of carbonyl (C=O) groups is 4. The standard InChI is InChI=1S/C18H16BrF2N3O4.C16H10BrF2N3O2.C2H3ClO2/c1-18(10-5-12(20)8-13(21)6-10)16(25)24(4-3-22-17(26)27-2)14-7-11(19)9-23-15(14)28-18;1-16(9-4-11(18)7-12(19)5-9)15(23)22(3-2-20)13-6-10(17)8-21-14(13)24-16;1-5-2(3)4/h5-9H,3-4H2,1-2H3,(H,22,26);4-8H,3H2,1H3;1H3/t18-;16-;/m00./s1. The predicted octanol–water partition coefficient (Wildman–Crippen LogP) is 7.40. The van der Waals surface area contributed by atoms with Gasteiger partial charge in [-0.2, -0.15) is 5.26 Å². The Hall–Kier alpha value is -5.52. The molecule has 3 amide bonds. The van der Waals surface area contributed by atoms with Crippen LogP contribution >= 0.6 is 43.5 Å². The van der Waals surface area contributed by atoms with Crippen LogP contribution in [-0.4, -0.2) is 67.2 Å². The third kappa shape index (κ3) is 10.3. The number of hydrogen-bond acceptors (Lipinski definition) is 11. The van der Waals surface area contributed by atoms with Crippen molar-refractivity contribution in [2.75, 3.05) is 43.7 Å². The molecule has 0 saturated heterocycles. The van der Waals surface area contributed by atoms with E-state index in [4.69, 9.17) is 14.7 Å². The van der Waals surface area contributed by atoms with Crippen LogP contribution in [0.15, 0.2) is 69.9 Å². The normalized spacial score (nSPS) is 17.8. The summed E-state index contributed by atoms with van der Waals surface area (Å²) in [5.74, 6) is -4.28. The highest BCUT2D eigenvalue weighted by Crippen LogP contribution is 2.43. The Labute approximate surface area is 343 Å². The Bertz CT molecular complexity index is 2210. The summed E-state index contributed by atoms with van der Waals surface area (Å²) in [6.45, 7) is 2.70. The fraction of sp³-hybridized carbons (Fsp3) is 0.250. The van der Waals surface area contributed by atoms with Crippen molar-refractivity contribution in [3.63, 3.8) is 0 Å². The van der Waals surface area contributed by atoms with Crippen LogP contribution in [0, 0.1) is 34.6 Å². The summed E-state index contributed by atoms with van der Waals surface area (Å²) in [5.41, 5.74) is -3.49. The van der Waals surface area contributed by atoms with Gasteiger partial charge in [0, 0.05) is 69.3 Å². The van der Waals surface area contributed by atoms with Crippen LogP contribution in [0.4, 0.5) is 38.5 Å². The number of hydrogen-bond donors (Lipinski definition) is 1. The lowest BCUT2D eigenvalue weighted by molar-refractivity contribution is -0.135. The highest BCUT2D eigenvalue weighted by Gasteiger charge is 2.48. The van der Waals surface area contributed by atoms with Crippen molar-refractivity contribution < 1.29 is 55.7 Å². The van der Waals surface area contributed by atoms with Gasteiger partial charge in [0.05, 0.1) is 20.3 Å². The van der Waals surface area contributed by atoms with E-state index in [0.29, 0.717) is 32.5 Å². The highest BCUT2D eigenvalue weighted by atomic mass is 79.9. The van der Waals surface area contributed by atoms with Gasteiger partial charge >= 0.3 is 11.5 Å². The van der Waals surface area contributed by atoms with Crippen molar-refractivity contribution in [1.82, 2.24) is 15.3 Å². The summed E-state index contributed by atoms with van der Waals surface area (Å²) in [6, 6.07) is 10.7. The zero-order valence-electron chi connectivity index (χ0n) is 30.0. The minimum Gasteiger partial charge on any atom is -0.457 e. The Balaban J connectivity index is 0.000000228. The lowest BCUT2D eigenvalue weighted by atomic mass is 9.92. The van der Waals surface area contributed by atoms with E-state index in [-0.39, 0.29) is 42.5 Å². The van der Waals surface area contributed by atoms with Crippen molar-refractivity contribution in [3.8, 4) is 17.8 Å². The zero-order valence-corrected chi connectivity index (χ0v) is 34.0. The van der Waals surface area contributed by atoms with Gasteiger partial charge in [0.1, 0.15) is 41.2 Å². The lowest BCUT2D eigenvalue weighted by Gasteiger charge is -2.40. The summed E-state index contributed by atoms with van der Waals surface area (Å²) in [6.07, 6.45) is 2.29. The monoisotopic (exact) mass is 942 g/mol. The molecule has 0 unspecified atom stereocenters. The molecule has 0 fully saturated rings. The van der Waals surface area contributed by atoms with Gasteiger partial charge in [0.25, 0.3) is 11.8 Å². The van der Waals surface area contributed by atoms with E-state index < -0.39 is 57.8 Å². The molecule has 6 rings (SSSR count). The number of nitrogens with zero attached hydrogens (tertiary/aromatic N) is 5. The number of alkyl carbamates (subject to hydrolysis) is 1. The van der Waals surface area contributed by atoms with Crippen LogP contribution in [0.1, 0.15) is 25.0 Å². The number of fused-ring (bicyclic) bond motifs is 2. The molecule has 4 aromatic rings. The van der Waals surface area contributed by atoms with Crippen molar-refractivity contribution >= 4 is 78.2 Å². The predicted molar refractivity (Wildman–Crippen MR) is 202 cm³/mol. The molecule has 4 heterocycles. The molecule has 1 N–H and O–H groups in total. The van der Waals surface area contributed by atoms with Crippen molar-refractivity contribution in [1.29, 1.82) is 5.26 Å². The summed E-state index contributed by atoms with van der Waals surface area (Å²) >= 11 is 11.1. The molecule has 0 bridgehead atoms. The molecule has 2 aromatic heterocycles. The summed E-state index contributed by atoms with van der Waals surface area (Å²) in [4.78, 5) is 57.6. The maximum absolute atomic E-state index is 13.8. The van der Waals surface area contributed by atoms with Crippen LogP contribution in [-0.2, 0) is 30.3 Å². The summed E-state index contributed by atoms with van der Waals surface area (Å²) in [5, 5.41) is 11.5. The van der Waals surface area contributed by atoms with E-state index in [2.05, 4.69) is 68.2 Å². The molecule has 0 radical (unpaired) electrons. The van der Waals surface area contributed by atoms with Gasteiger partial charge in [0.2, 0.25) is 23.0 Å². The number of carbonyl (C=O) groups excluding carboxylic acids is 4. The maximum Gasteiger partial charge on any atom is 0.406 e. The van der Waals surface area contributed by atoms with Gasteiger partial charge in [-0.3, -0.25) is 14.5 Å². The Kier molecular flexibility index (Phi) is 14.4. The highest BCUT2D eigenvalue weighted by molar-refractivity contribution is 9.10. The third-order valence-corrected chi connectivity index (χ3v) is 9.12.